The quantitative estimate of drug-likeness (QED) is 0.660. The molecule has 0 radical (unpaired) electrons. The minimum Gasteiger partial charge on any atom is -0.348 e. The Morgan fingerprint density at radius 3 is 2.29 bits per heavy atom. The highest BCUT2D eigenvalue weighted by Gasteiger charge is 2.60. The molecule has 4 rings (SSSR count). The Labute approximate surface area is 181 Å². The third-order valence-corrected chi connectivity index (χ3v) is 6.45. The zero-order chi connectivity index (χ0) is 22.6. The summed E-state index contributed by atoms with van der Waals surface area (Å²) >= 11 is 0. The average Bonchev–Trinajstić information content (AvgIpc) is 3.25. The molecule has 10 nitrogen and oxygen atoms in total. The molecule has 11 heteroatoms. The van der Waals surface area contributed by atoms with Crippen LogP contribution in [-0.4, -0.2) is 63.2 Å². The van der Waals surface area contributed by atoms with Gasteiger partial charge in [0.25, 0.3) is 10.1 Å². The first kappa shape index (κ1) is 22.6. The first-order valence-corrected chi connectivity index (χ1v) is 11.4. The van der Waals surface area contributed by atoms with Gasteiger partial charge in [0.15, 0.2) is 17.9 Å². The highest BCUT2D eigenvalue weighted by molar-refractivity contribution is 7.86. The summed E-state index contributed by atoms with van der Waals surface area (Å²) in [5, 5.41) is 2.59. The van der Waals surface area contributed by atoms with Gasteiger partial charge in [0.05, 0.1) is 11.5 Å². The predicted molar refractivity (Wildman–Crippen MR) is 106 cm³/mol. The topological polar surface area (TPSA) is 119 Å². The second-order valence-corrected chi connectivity index (χ2v) is 10.2. The highest BCUT2D eigenvalue weighted by Crippen LogP contribution is 2.42. The number of carbonyl (C=O) groups excluding carboxylic acids is 1. The molecule has 0 aliphatic carbocycles. The van der Waals surface area contributed by atoms with Crippen molar-refractivity contribution in [1.82, 2.24) is 0 Å². The largest absolute Gasteiger partial charge is 0.348 e. The summed E-state index contributed by atoms with van der Waals surface area (Å²) in [6.07, 6.45) is -3.90. The maximum atomic E-state index is 13.0. The summed E-state index contributed by atoms with van der Waals surface area (Å²) in [5.74, 6) is -2.03. The average molecular weight is 458 g/mol. The van der Waals surface area contributed by atoms with Crippen molar-refractivity contribution in [3.63, 3.8) is 0 Å². The lowest BCUT2D eigenvalue weighted by Gasteiger charge is -2.28. The van der Waals surface area contributed by atoms with Crippen LogP contribution in [0.5, 0.6) is 0 Å². The van der Waals surface area contributed by atoms with E-state index < -0.39 is 52.4 Å². The van der Waals surface area contributed by atoms with E-state index in [0.717, 1.165) is 0 Å². The molecule has 5 atom stereocenters. The number of ether oxygens (including phenoxy) is 5. The van der Waals surface area contributed by atoms with Gasteiger partial charge in [0.2, 0.25) is 5.91 Å². The first-order chi connectivity index (χ1) is 14.4. The first-order valence-electron chi connectivity index (χ1n) is 9.99. The van der Waals surface area contributed by atoms with Crippen LogP contribution in [0.4, 0.5) is 5.69 Å². The van der Waals surface area contributed by atoms with E-state index >= 15 is 0 Å². The van der Waals surface area contributed by atoms with Crippen molar-refractivity contribution in [2.24, 2.45) is 0 Å². The SMILES string of the molecule is CC(=O)Nc1ccc(S(=O)(=O)O[C@@H]2[C@H]3OC(C)(C)O[C@H]3O[C@@H]2[C@H]2COC(C)(C)O2)cc1. The lowest BCUT2D eigenvalue weighted by molar-refractivity contribution is -0.230. The molecule has 0 unspecified atom stereocenters. The number of amides is 1. The Kier molecular flexibility index (Phi) is 5.66. The lowest BCUT2D eigenvalue weighted by Crippen LogP contribution is -2.45. The van der Waals surface area contributed by atoms with Crippen molar-refractivity contribution in [1.29, 1.82) is 0 Å². The minimum atomic E-state index is -4.18. The third-order valence-electron chi connectivity index (χ3n) is 5.12. The molecule has 3 saturated heterocycles. The molecule has 3 heterocycles. The molecule has 0 spiro atoms. The number of hydrogen-bond donors (Lipinski definition) is 1. The number of carbonyl (C=O) groups is 1. The van der Waals surface area contributed by atoms with E-state index in [1.165, 1.54) is 31.2 Å². The van der Waals surface area contributed by atoms with Gasteiger partial charge in [0.1, 0.15) is 24.4 Å². The van der Waals surface area contributed by atoms with Crippen LogP contribution in [0.2, 0.25) is 0 Å². The fraction of sp³-hybridized carbons (Fsp3) is 0.650. The standard InChI is InChI=1S/C20H27NO9S/c1-11(22)21-12-6-8-13(9-7-12)31(23,24)30-16-15(14-10-25-19(2,3)27-14)26-18-17(16)28-20(4,5)29-18/h6-9,14-18H,10H2,1-5H3,(H,21,22)/t14-,15-,16+,17-,18-/m1/s1. The molecule has 3 fully saturated rings. The Bertz CT molecular complexity index is 944. The zero-order valence-corrected chi connectivity index (χ0v) is 18.8. The van der Waals surface area contributed by atoms with Crippen LogP contribution >= 0.6 is 0 Å². The molecular formula is C20H27NO9S. The Morgan fingerprint density at radius 2 is 1.71 bits per heavy atom. The maximum Gasteiger partial charge on any atom is 0.297 e. The van der Waals surface area contributed by atoms with Gasteiger partial charge in [-0.05, 0) is 52.0 Å². The fourth-order valence-corrected chi connectivity index (χ4v) is 4.99. The number of anilines is 1. The second kappa shape index (κ2) is 7.77. The molecule has 0 bridgehead atoms. The molecule has 3 aliphatic rings. The van der Waals surface area contributed by atoms with E-state index in [9.17, 15) is 13.2 Å². The molecule has 0 saturated carbocycles. The third kappa shape index (κ3) is 4.77. The summed E-state index contributed by atoms with van der Waals surface area (Å²) < 4.78 is 60.8. The van der Waals surface area contributed by atoms with Crippen LogP contribution in [0.15, 0.2) is 29.2 Å². The van der Waals surface area contributed by atoms with Crippen molar-refractivity contribution >= 4 is 21.7 Å². The van der Waals surface area contributed by atoms with Gasteiger partial charge in [-0.15, -0.1) is 0 Å². The summed E-state index contributed by atoms with van der Waals surface area (Å²) in [6.45, 7) is 8.55. The number of hydrogen-bond acceptors (Lipinski definition) is 9. The van der Waals surface area contributed by atoms with Crippen LogP contribution in [0.25, 0.3) is 0 Å². The molecule has 1 N–H and O–H groups in total. The van der Waals surface area contributed by atoms with Gasteiger partial charge in [0, 0.05) is 12.6 Å². The number of rotatable bonds is 5. The van der Waals surface area contributed by atoms with Crippen LogP contribution in [-0.2, 0) is 42.8 Å². The van der Waals surface area contributed by atoms with E-state index in [2.05, 4.69) is 5.32 Å². The number of fused-ring (bicyclic) bond motifs is 1. The Hall–Kier alpha value is -1.60. The van der Waals surface area contributed by atoms with Gasteiger partial charge in [-0.25, -0.2) is 0 Å². The number of benzene rings is 1. The minimum absolute atomic E-state index is 0.0640. The Balaban J connectivity index is 1.57. The molecule has 1 amide bonds. The molecule has 0 aromatic heterocycles. The van der Waals surface area contributed by atoms with E-state index in [-0.39, 0.29) is 17.4 Å². The van der Waals surface area contributed by atoms with Crippen LogP contribution < -0.4 is 5.32 Å². The van der Waals surface area contributed by atoms with Gasteiger partial charge in [-0.3, -0.25) is 8.98 Å². The van der Waals surface area contributed by atoms with Crippen LogP contribution in [0.1, 0.15) is 34.6 Å². The van der Waals surface area contributed by atoms with Crippen molar-refractivity contribution in [3.8, 4) is 0 Å². The van der Waals surface area contributed by atoms with Crippen LogP contribution in [0, 0.1) is 0 Å². The summed E-state index contributed by atoms with van der Waals surface area (Å²) in [7, 11) is -4.18. The van der Waals surface area contributed by atoms with Crippen molar-refractivity contribution in [2.75, 3.05) is 11.9 Å². The number of nitrogens with one attached hydrogen (secondary N) is 1. The molecule has 1 aromatic carbocycles. The van der Waals surface area contributed by atoms with E-state index in [1.54, 1.807) is 27.7 Å². The van der Waals surface area contributed by atoms with E-state index in [0.29, 0.717) is 5.69 Å². The van der Waals surface area contributed by atoms with Crippen LogP contribution in [0.3, 0.4) is 0 Å². The van der Waals surface area contributed by atoms with Gasteiger partial charge in [-0.1, -0.05) is 0 Å². The zero-order valence-electron chi connectivity index (χ0n) is 18.0. The van der Waals surface area contributed by atoms with Crippen molar-refractivity contribution in [2.45, 2.75) is 81.8 Å². The maximum absolute atomic E-state index is 13.0. The van der Waals surface area contributed by atoms with Gasteiger partial charge in [-0.2, -0.15) is 8.42 Å². The van der Waals surface area contributed by atoms with E-state index in [1.807, 2.05) is 0 Å². The molecule has 172 valence electrons. The van der Waals surface area contributed by atoms with Gasteiger partial charge >= 0.3 is 0 Å². The smallest absolute Gasteiger partial charge is 0.297 e. The lowest BCUT2D eigenvalue weighted by atomic mass is 10.1. The molecule has 3 aliphatic heterocycles. The molecule has 1 aromatic rings. The second-order valence-electron chi connectivity index (χ2n) is 8.66. The van der Waals surface area contributed by atoms with Crippen molar-refractivity contribution in [3.05, 3.63) is 24.3 Å². The summed E-state index contributed by atoms with van der Waals surface area (Å²) in [6, 6.07) is 5.68. The summed E-state index contributed by atoms with van der Waals surface area (Å²) in [5.41, 5.74) is 0.474. The van der Waals surface area contributed by atoms with E-state index in [4.69, 9.17) is 27.9 Å². The normalized spacial score (nSPS) is 33.9. The van der Waals surface area contributed by atoms with Crippen molar-refractivity contribution < 1.29 is 41.1 Å². The van der Waals surface area contributed by atoms with Gasteiger partial charge < -0.3 is 29.0 Å². The Morgan fingerprint density at radius 1 is 1.03 bits per heavy atom. The summed E-state index contributed by atoms with van der Waals surface area (Å²) in [4.78, 5) is 11.1. The fourth-order valence-electron chi connectivity index (χ4n) is 3.90. The highest BCUT2D eigenvalue weighted by atomic mass is 32.2. The monoisotopic (exact) mass is 457 g/mol. The molecule has 31 heavy (non-hydrogen) atoms. The molecular weight excluding hydrogens is 430 g/mol. The predicted octanol–water partition coefficient (Wildman–Crippen LogP) is 1.75.